The number of piperazine rings is 1. The van der Waals surface area contributed by atoms with Gasteiger partial charge in [0.25, 0.3) is 0 Å². The number of nitrogens with one attached hydrogen (secondary N) is 1. The standard InChI is InChI=1S/C22H28ClN3O/c1-22(2,19-8-10-20(23)11-9-19)17-24-21(27)26-14-12-25(13-15-26)16-18-6-4-3-5-7-18/h3-11H,12-17H2,1-2H3,(H,24,27). The molecule has 5 heteroatoms. The Morgan fingerprint density at radius 1 is 1.00 bits per heavy atom. The van der Waals surface area contributed by atoms with E-state index in [-0.39, 0.29) is 11.4 Å². The topological polar surface area (TPSA) is 35.6 Å². The van der Waals surface area contributed by atoms with Crippen LogP contribution in [0.5, 0.6) is 0 Å². The Morgan fingerprint density at radius 2 is 1.63 bits per heavy atom. The first-order valence-electron chi connectivity index (χ1n) is 9.49. The van der Waals surface area contributed by atoms with Crippen molar-refractivity contribution < 1.29 is 4.79 Å². The van der Waals surface area contributed by atoms with Gasteiger partial charge in [-0.25, -0.2) is 4.79 Å². The molecule has 1 saturated heterocycles. The molecule has 2 aromatic carbocycles. The number of urea groups is 1. The van der Waals surface area contributed by atoms with Crippen LogP contribution >= 0.6 is 11.6 Å². The largest absolute Gasteiger partial charge is 0.337 e. The highest BCUT2D eigenvalue weighted by atomic mass is 35.5. The fourth-order valence-corrected chi connectivity index (χ4v) is 3.49. The predicted molar refractivity (Wildman–Crippen MR) is 111 cm³/mol. The van der Waals surface area contributed by atoms with E-state index in [1.54, 1.807) is 0 Å². The van der Waals surface area contributed by atoms with Crippen LogP contribution in [0.4, 0.5) is 4.79 Å². The Morgan fingerprint density at radius 3 is 2.26 bits per heavy atom. The number of rotatable bonds is 5. The maximum Gasteiger partial charge on any atom is 0.317 e. The maximum atomic E-state index is 12.6. The van der Waals surface area contributed by atoms with E-state index in [1.165, 1.54) is 11.1 Å². The zero-order valence-corrected chi connectivity index (χ0v) is 16.9. The lowest BCUT2D eigenvalue weighted by Crippen LogP contribution is -2.52. The van der Waals surface area contributed by atoms with Crippen LogP contribution in [-0.2, 0) is 12.0 Å². The molecule has 2 amide bonds. The summed E-state index contributed by atoms with van der Waals surface area (Å²) < 4.78 is 0. The van der Waals surface area contributed by atoms with E-state index in [2.05, 4.69) is 48.3 Å². The number of benzene rings is 2. The molecule has 144 valence electrons. The molecule has 1 heterocycles. The second kappa shape index (κ2) is 8.77. The summed E-state index contributed by atoms with van der Waals surface area (Å²) in [7, 11) is 0. The summed E-state index contributed by atoms with van der Waals surface area (Å²) in [4.78, 5) is 16.9. The van der Waals surface area contributed by atoms with Gasteiger partial charge in [-0.15, -0.1) is 0 Å². The molecular formula is C22H28ClN3O. The Labute approximate surface area is 167 Å². The van der Waals surface area contributed by atoms with Crippen molar-refractivity contribution in [1.29, 1.82) is 0 Å². The van der Waals surface area contributed by atoms with Gasteiger partial charge in [-0.2, -0.15) is 0 Å². The number of halogens is 1. The van der Waals surface area contributed by atoms with Gasteiger partial charge in [0, 0.05) is 49.7 Å². The molecule has 0 unspecified atom stereocenters. The van der Waals surface area contributed by atoms with E-state index in [0.717, 1.165) is 37.7 Å². The van der Waals surface area contributed by atoms with Crippen LogP contribution < -0.4 is 5.32 Å². The van der Waals surface area contributed by atoms with Crippen LogP contribution in [0.3, 0.4) is 0 Å². The second-order valence-electron chi connectivity index (χ2n) is 7.80. The summed E-state index contributed by atoms with van der Waals surface area (Å²) in [6.07, 6.45) is 0. The third kappa shape index (κ3) is 5.47. The molecule has 0 atom stereocenters. The van der Waals surface area contributed by atoms with Gasteiger partial charge >= 0.3 is 6.03 Å². The quantitative estimate of drug-likeness (QED) is 0.839. The normalized spacial score (nSPS) is 15.6. The van der Waals surface area contributed by atoms with Crippen molar-refractivity contribution >= 4 is 17.6 Å². The Hall–Kier alpha value is -2.04. The molecule has 1 aliphatic heterocycles. The molecule has 0 spiro atoms. The molecule has 1 fully saturated rings. The van der Waals surface area contributed by atoms with Gasteiger partial charge in [-0.1, -0.05) is 67.9 Å². The Bertz CT molecular complexity index is 738. The fourth-order valence-electron chi connectivity index (χ4n) is 3.36. The van der Waals surface area contributed by atoms with Gasteiger partial charge in [0.2, 0.25) is 0 Å². The molecule has 2 aromatic rings. The van der Waals surface area contributed by atoms with Gasteiger partial charge < -0.3 is 10.2 Å². The predicted octanol–water partition coefficient (Wildman–Crippen LogP) is 4.15. The SMILES string of the molecule is CC(C)(CNC(=O)N1CCN(Cc2ccccc2)CC1)c1ccc(Cl)cc1. The maximum absolute atomic E-state index is 12.6. The van der Waals surface area contributed by atoms with Crippen molar-refractivity contribution in [2.75, 3.05) is 32.7 Å². The van der Waals surface area contributed by atoms with Crippen molar-refractivity contribution in [3.05, 3.63) is 70.7 Å². The number of amides is 2. The van der Waals surface area contributed by atoms with E-state index >= 15 is 0 Å². The Balaban J connectivity index is 1.46. The molecule has 27 heavy (non-hydrogen) atoms. The van der Waals surface area contributed by atoms with E-state index < -0.39 is 0 Å². The monoisotopic (exact) mass is 385 g/mol. The highest BCUT2D eigenvalue weighted by Gasteiger charge is 2.25. The lowest BCUT2D eigenvalue weighted by Gasteiger charge is -2.35. The second-order valence-corrected chi connectivity index (χ2v) is 8.23. The van der Waals surface area contributed by atoms with Gasteiger partial charge in [0.1, 0.15) is 0 Å². The minimum absolute atomic E-state index is 0.0244. The van der Waals surface area contributed by atoms with Crippen molar-refractivity contribution in [2.24, 2.45) is 0 Å². The first-order chi connectivity index (χ1) is 12.9. The molecule has 4 nitrogen and oxygen atoms in total. The van der Waals surface area contributed by atoms with Crippen molar-refractivity contribution in [2.45, 2.75) is 25.8 Å². The van der Waals surface area contributed by atoms with Crippen LogP contribution in [-0.4, -0.2) is 48.6 Å². The summed E-state index contributed by atoms with van der Waals surface area (Å²) >= 11 is 5.97. The number of hydrogen-bond donors (Lipinski definition) is 1. The molecule has 1 N–H and O–H groups in total. The van der Waals surface area contributed by atoms with Crippen molar-refractivity contribution in [3.63, 3.8) is 0 Å². The average molecular weight is 386 g/mol. The third-order valence-corrected chi connectivity index (χ3v) is 5.47. The highest BCUT2D eigenvalue weighted by molar-refractivity contribution is 6.30. The number of carbonyl (C=O) groups excluding carboxylic acids is 1. The molecule has 0 aromatic heterocycles. The fraction of sp³-hybridized carbons (Fsp3) is 0.409. The van der Waals surface area contributed by atoms with Gasteiger partial charge in [0.05, 0.1) is 0 Å². The van der Waals surface area contributed by atoms with E-state index in [9.17, 15) is 4.79 Å². The first-order valence-corrected chi connectivity index (χ1v) is 9.87. The Kier molecular flexibility index (Phi) is 6.40. The molecule has 1 aliphatic rings. The van der Waals surface area contributed by atoms with Gasteiger partial charge in [-0.05, 0) is 23.3 Å². The molecule has 0 saturated carbocycles. The molecular weight excluding hydrogens is 358 g/mol. The van der Waals surface area contributed by atoms with Gasteiger partial charge in [-0.3, -0.25) is 4.90 Å². The lowest BCUT2D eigenvalue weighted by molar-refractivity contribution is 0.134. The highest BCUT2D eigenvalue weighted by Crippen LogP contribution is 2.24. The van der Waals surface area contributed by atoms with Crippen LogP contribution in [0, 0.1) is 0 Å². The average Bonchev–Trinajstić information content (AvgIpc) is 2.68. The van der Waals surface area contributed by atoms with Crippen LogP contribution in [0.15, 0.2) is 54.6 Å². The molecule has 0 bridgehead atoms. The molecule has 0 aliphatic carbocycles. The summed E-state index contributed by atoms with van der Waals surface area (Å²) in [5.74, 6) is 0. The van der Waals surface area contributed by atoms with Gasteiger partial charge in [0.15, 0.2) is 0 Å². The van der Waals surface area contributed by atoms with Crippen LogP contribution in [0.1, 0.15) is 25.0 Å². The van der Waals surface area contributed by atoms with Crippen molar-refractivity contribution in [1.82, 2.24) is 15.1 Å². The zero-order chi connectivity index (χ0) is 19.3. The summed E-state index contributed by atoms with van der Waals surface area (Å²) in [6.45, 7) is 9.14. The molecule has 0 radical (unpaired) electrons. The number of carbonyl (C=O) groups is 1. The minimum Gasteiger partial charge on any atom is -0.337 e. The zero-order valence-electron chi connectivity index (χ0n) is 16.1. The smallest absolute Gasteiger partial charge is 0.317 e. The lowest BCUT2D eigenvalue weighted by atomic mass is 9.85. The van der Waals surface area contributed by atoms with E-state index in [4.69, 9.17) is 11.6 Å². The summed E-state index contributed by atoms with van der Waals surface area (Å²) in [5, 5.41) is 3.83. The van der Waals surface area contributed by atoms with E-state index in [1.807, 2.05) is 35.2 Å². The molecule has 3 rings (SSSR count). The number of nitrogens with zero attached hydrogens (tertiary/aromatic N) is 2. The minimum atomic E-state index is -0.143. The summed E-state index contributed by atoms with van der Waals surface area (Å²) in [5.41, 5.74) is 2.34. The van der Waals surface area contributed by atoms with E-state index in [0.29, 0.717) is 6.54 Å². The number of hydrogen-bond acceptors (Lipinski definition) is 2. The van der Waals surface area contributed by atoms with Crippen LogP contribution in [0.2, 0.25) is 5.02 Å². The van der Waals surface area contributed by atoms with Crippen LogP contribution in [0.25, 0.3) is 0 Å². The third-order valence-electron chi connectivity index (χ3n) is 5.22. The summed E-state index contributed by atoms with van der Waals surface area (Å²) in [6, 6.07) is 18.3. The first kappa shape index (κ1) is 19.7. The van der Waals surface area contributed by atoms with Crippen molar-refractivity contribution in [3.8, 4) is 0 Å².